The molecule has 0 bridgehead atoms. The van der Waals surface area contributed by atoms with E-state index in [0.717, 1.165) is 4.90 Å². The fourth-order valence-corrected chi connectivity index (χ4v) is 2.63. The quantitative estimate of drug-likeness (QED) is 0.882. The number of furan rings is 1. The van der Waals surface area contributed by atoms with Crippen molar-refractivity contribution in [3.05, 3.63) is 59.0 Å². The highest BCUT2D eigenvalue weighted by Crippen LogP contribution is 2.31. The zero-order valence-electron chi connectivity index (χ0n) is 12.8. The van der Waals surface area contributed by atoms with Crippen LogP contribution in [0.25, 0.3) is 0 Å². The van der Waals surface area contributed by atoms with Gasteiger partial charge in [0.2, 0.25) is 0 Å². The van der Waals surface area contributed by atoms with Gasteiger partial charge in [0.15, 0.2) is 5.54 Å². The van der Waals surface area contributed by atoms with Gasteiger partial charge in [0.1, 0.15) is 11.5 Å². The molecule has 2 aromatic rings. The van der Waals surface area contributed by atoms with Gasteiger partial charge in [-0.1, -0.05) is 12.1 Å². The highest BCUT2D eigenvalue weighted by Gasteiger charge is 2.51. The van der Waals surface area contributed by atoms with E-state index in [0.29, 0.717) is 22.6 Å². The number of rotatable bonds is 3. The second kappa shape index (κ2) is 5.29. The Morgan fingerprint density at radius 1 is 1.30 bits per heavy atom. The van der Waals surface area contributed by atoms with E-state index in [-0.39, 0.29) is 12.5 Å². The van der Waals surface area contributed by atoms with Crippen molar-refractivity contribution >= 4 is 11.9 Å². The molecular weight excluding hydrogens is 294 g/mol. The fourth-order valence-electron chi connectivity index (χ4n) is 2.63. The Balaban J connectivity index is 1.88. The highest BCUT2D eigenvalue weighted by atomic mass is 16.3. The third-order valence-electron chi connectivity index (χ3n) is 3.90. The number of hydrogen-bond acceptors (Lipinski definition) is 4. The molecule has 1 aromatic heterocycles. The lowest BCUT2D eigenvalue weighted by Crippen LogP contribution is -2.40. The van der Waals surface area contributed by atoms with Crippen molar-refractivity contribution in [3.8, 4) is 6.07 Å². The van der Waals surface area contributed by atoms with Crippen LogP contribution < -0.4 is 5.32 Å². The Morgan fingerprint density at radius 2 is 2.09 bits per heavy atom. The standard InChI is InChI=1S/C17H15N3O3/c1-11-6-7-14(23-11)17(2)15(21)20(16(22)19-17)10-13-5-3-4-12(8-13)9-18/h3-8H,10H2,1-2H3,(H,19,22). The van der Waals surface area contributed by atoms with Gasteiger partial charge in [0.25, 0.3) is 5.91 Å². The average Bonchev–Trinajstić information content (AvgIpc) is 3.06. The maximum Gasteiger partial charge on any atom is 0.325 e. The van der Waals surface area contributed by atoms with Crippen LogP contribution in [0.3, 0.4) is 0 Å². The number of hydrogen-bond donors (Lipinski definition) is 1. The van der Waals surface area contributed by atoms with E-state index in [9.17, 15) is 9.59 Å². The van der Waals surface area contributed by atoms with E-state index in [1.807, 2.05) is 6.07 Å². The van der Waals surface area contributed by atoms with Crippen LogP contribution in [0.5, 0.6) is 0 Å². The van der Waals surface area contributed by atoms with Gasteiger partial charge in [-0.15, -0.1) is 0 Å². The number of nitriles is 1. The minimum absolute atomic E-state index is 0.107. The zero-order chi connectivity index (χ0) is 16.6. The first kappa shape index (κ1) is 14.9. The molecule has 0 aliphatic carbocycles. The molecule has 6 nitrogen and oxygen atoms in total. The number of benzene rings is 1. The number of carbonyl (C=O) groups is 2. The van der Waals surface area contributed by atoms with E-state index >= 15 is 0 Å². The molecule has 1 aliphatic rings. The zero-order valence-corrected chi connectivity index (χ0v) is 12.8. The van der Waals surface area contributed by atoms with E-state index in [1.54, 1.807) is 50.2 Å². The number of aryl methyl sites for hydroxylation is 1. The van der Waals surface area contributed by atoms with Gasteiger partial charge < -0.3 is 9.73 Å². The number of urea groups is 1. The largest absolute Gasteiger partial charge is 0.463 e. The molecule has 1 saturated heterocycles. The molecule has 0 saturated carbocycles. The van der Waals surface area contributed by atoms with Crippen molar-refractivity contribution in [1.29, 1.82) is 5.26 Å². The molecule has 116 valence electrons. The number of carbonyl (C=O) groups excluding carboxylic acids is 2. The summed E-state index contributed by atoms with van der Waals surface area (Å²) in [5.41, 5.74) is -0.00977. The summed E-state index contributed by atoms with van der Waals surface area (Å²) in [7, 11) is 0. The van der Waals surface area contributed by atoms with Gasteiger partial charge in [-0.05, 0) is 43.7 Å². The molecule has 1 atom stereocenters. The van der Waals surface area contributed by atoms with Crippen LogP contribution in [0, 0.1) is 18.3 Å². The predicted octanol–water partition coefficient (Wildman–Crippen LogP) is 2.43. The van der Waals surface area contributed by atoms with Crippen LogP contribution >= 0.6 is 0 Å². The van der Waals surface area contributed by atoms with Crippen LogP contribution in [0.4, 0.5) is 4.79 Å². The molecule has 3 rings (SSSR count). The van der Waals surface area contributed by atoms with Crippen LogP contribution in [0.1, 0.15) is 29.6 Å². The first-order valence-corrected chi connectivity index (χ1v) is 7.14. The third kappa shape index (κ3) is 2.46. The Hall–Kier alpha value is -3.07. The van der Waals surface area contributed by atoms with Crippen molar-refractivity contribution in [2.24, 2.45) is 0 Å². The van der Waals surface area contributed by atoms with Crippen LogP contribution in [0.15, 0.2) is 40.8 Å². The van der Waals surface area contributed by atoms with Crippen LogP contribution in [-0.4, -0.2) is 16.8 Å². The fraction of sp³-hybridized carbons (Fsp3) is 0.235. The Morgan fingerprint density at radius 3 is 2.74 bits per heavy atom. The van der Waals surface area contributed by atoms with Crippen molar-refractivity contribution in [1.82, 2.24) is 10.2 Å². The molecule has 1 unspecified atom stereocenters. The van der Waals surface area contributed by atoms with Gasteiger partial charge in [0.05, 0.1) is 18.2 Å². The van der Waals surface area contributed by atoms with Crippen molar-refractivity contribution < 1.29 is 14.0 Å². The SMILES string of the molecule is Cc1ccc(C2(C)NC(=O)N(Cc3cccc(C#N)c3)C2=O)o1. The number of imide groups is 1. The first-order chi connectivity index (χ1) is 10.9. The molecule has 1 aromatic carbocycles. The first-order valence-electron chi connectivity index (χ1n) is 7.14. The summed E-state index contributed by atoms with van der Waals surface area (Å²) in [6.07, 6.45) is 0. The molecule has 3 amide bonds. The maximum atomic E-state index is 12.7. The van der Waals surface area contributed by atoms with Gasteiger partial charge in [-0.3, -0.25) is 9.69 Å². The third-order valence-corrected chi connectivity index (χ3v) is 3.90. The van der Waals surface area contributed by atoms with Crippen LogP contribution in [0.2, 0.25) is 0 Å². The topological polar surface area (TPSA) is 86.3 Å². The molecule has 1 N–H and O–H groups in total. The molecule has 1 fully saturated rings. The lowest BCUT2D eigenvalue weighted by molar-refractivity contribution is -0.132. The molecular formula is C17H15N3O3. The number of amides is 3. The molecule has 6 heteroatoms. The summed E-state index contributed by atoms with van der Waals surface area (Å²) in [5, 5.41) is 11.6. The normalized spacial score (nSPS) is 20.5. The van der Waals surface area contributed by atoms with Crippen molar-refractivity contribution in [2.45, 2.75) is 25.9 Å². The van der Waals surface area contributed by atoms with Crippen molar-refractivity contribution in [3.63, 3.8) is 0 Å². The second-order valence-corrected chi connectivity index (χ2v) is 5.67. The van der Waals surface area contributed by atoms with Crippen LogP contribution in [-0.2, 0) is 16.9 Å². The Labute approximate surface area is 133 Å². The van der Waals surface area contributed by atoms with Gasteiger partial charge >= 0.3 is 6.03 Å². The summed E-state index contributed by atoms with van der Waals surface area (Å²) < 4.78 is 5.52. The Bertz CT molecular complexity index is 834. The average molecular weight is 309 g/mol. The lowest BCUT2D eigenvalue weighted by Gasteiger charge is -2.19. The molecule has 0 radical (unpaired) electrons. The van der Waals surface area contributed by atoms with Gasteiger partial charge in [-0.2, -0.15) is 5.26 Å². The minimum Gasteiger partial charge on any atom is -0.463 e. The molecule has 2 heterocycles. The van der Waals surface area contributed by atoms with E-state index < -0.39 is 11.6 Å². The van der Waals surface area contributed by atoms with E-state index in [1.165, 1.54) is 0 Å². The minimum atomic E-state index is -1.21. The molecule has 0 spiro atoms. The summed E-state index contributed by atoms with van der Waals surface area (Å²) in [4.78, 5) is 26.1. The van der Waals surface area contributed by atoms with E-state index in [2.05, 4.69) is 5.32 Å². The summed E-state index contributed by atoms with van der Waals surface area (Å²) in [5.74, 6) is 0.698. The number of nitrogens with zero attached hydrogens (tertiary/aromatic N) is 2. The van der Waals surface area contributed by atoms with Gasteiger partial charge in [-0.25, -0.2) is 4.79 Å². The summed E-state index contributed by atoms with van der Waals surface area (Å²) >= 11 is 0. The lowest BCUT2D eigenvalue weighted by atomic mass is 9.99. The maximum absolute atomic E-state index is 12.7. The molecule has 1 aliphatic heterocycles. The Kier molecular flexibility index (Phi) is 3.41. The smallest absolute Gasteiger partial charge is 0.325 e. The molecule has 23 heavy (non-hydrogen) atoms. The van der Waals surface area contributed by atoms with Crippen molar-refractivity contribution in [2.75, 3.05) is 0 Å². The summed E-state index contributed by atoms with van der Waals surface area (Å²) in [6.45, 7) is 3.51. The summed E-state index contributed by atoms with van der Waals surface area (Å²) in [6, 6.07) is 11.8. The van der Waals surface area contributed by atoms with E-state index in [4.69, 9.17) is 9.68 Å². The highest BCUT2D eigenvalue weighted by molar-refractivity contribution is 6.06. The van der Waals surface area contributed by atoms with Gasteiger partial charge in [0, 0.05) is 0 Å². The predicted molar refractivity (Wildman–Crippen MR) is 81.0 cm³/mol. The second-order valence-electron chi connectivity index (χ2n) is 5.67. The monoisotopic (exact) mass is 309 g/mol. The number of nitrogens with one attached hydrogen (secondary N) is 1.